The molecule has 0 bridgehead atoms. The van der Waals surface area contributed by atoms with Crippen molar-refractivity contribution in [2.75, 3.05) is 0 Å². The maximum Gasteiger partial charge on any atom is 0.335 e. The standard InChI is InChI=1S/C12H13N3O2/c1-3-10-6-9(12(16)17)7-11(14-10)15-5-4-13-8(15)2/h4-7H,3H2,1-2H3,(H,16,17). The van der Waals surface area contributed by atoms with Crippen LogP contribution in [-0.2, 0) is 6.42 Å². The molecule has 17 heavy (non-hydrogen) atoms. The Morgan fingerprint density at radius 3 is 2.76 bits per heavy atom. The van der Waals surface area contributed by atoms with Crippen molar-refractivity contribution in [3.63, 3.8) is 0 Å². The van der Waals surface area contributed by atoms with Crippen molar-refractivity contribution in [3.8, 4) is 5.82 Å². The molecule has 2 aromatic heterocycles. The van der Waals surface area contributed by atoms with Gasteiger partial charge in [-0.2, -0.15) is 0 Å². The lowest BCUT2D eigenvalue weighted by atomic mass is 10.2. The molecule has 2 rings (SSSR count). The van der Waals surface area contributed by atoms with Gasteiger partial charge >= 0.3 is 5.97 Å². The maximum atomic E-state index is 11.0. The number of aromatic carboxylic acids is 1. The molecule has 0 aromatic carbocycles. The third kappa shape index (κ3) is 2.18. The zero-order valence-electron chi connectivity index (χ0n) is 9.71. The van der Waals surface area contributed by atoms with Crippen molar-refractivity contribution in [3.05, 3.63) is 41.6 Å². The van der Waals surface area contributed by atoms with Gasteiger partial charge in [-0.3, -0.25) is 4.57 Å². The van der Waals surface area contributed by atoms with Gasteiger partial charge in [-0.1, -0.05) is 6.92 Å². The number of pyridine rings is 1. The van der Waals surface area contributed by atoms with E-state index in [0.717, 1.165) is 11.5 Å². The number of hydrogen-bond acceptors (Lipinski definition) is 3. The van der Waals surface area contributed by atoms with Gasteiger partial charge in [0, 0.05) is 18.1 Å². The second-order valence-corrected chi connectivity index (χ2v) is 3.71. The first-order valence-corrected chi connectivity index (χ1v) is 5.36. The summed E-state index contributed by atoms with van der Waals surface area (Å²) in [6.07, 6.45) is 4.13. The number of carboxylic acids is 1. The first kappa shape index (κ1) is 11.3. The summed E-state index contributed by atoms with van der Waals surface area (Å²) >= 11 is 0. The molecule has 0 saturated heterocycles. The van der Waals surface area contributed by atoms with E-state index in [4.69, 9.17) is 5.11 Å². The highest BCUT2D eigenvalue weighted by atomic mass is 16.4. The smallest absolute Gasteiger partial charge is 0.335 e. The van der Waals surface area contributed by atoms with E-state index in [-0.39, 0.29) is 5.56 Å². The number of carboxylic acid groups (broad SMARTS) is 1. The molecular weight excluding hydrogens is 218 g/mol. The largest absolute Gasteiger partial charge is 0.478 e. The summed E-state index contributed by atoms with van der Waals surface area (Å²) < 4.78 is 1.77. The Labute approximate surface area is 98.8 Å². The predicted octanol–water partition coefficient (Wildman–Crippen LogP) is 1.84. The second kappa shape index (κ2) is 4.37. The Kier molecular flexibility index (Phi) is 2.91. The van der Waals surface area contributed by atoms with Crippen LogP contribution >= 0.6 is 0 Å². The van der Waals surface area contributed by atoms with Gasteiger partial charge in [0.05, 0.1) is 5.56 Å². The van der Waals surface area contributed by atoms with Crippen LogP contribution < -0.4 is 0 Å². The molecular formula is C12H13N3O2. The minimum atomic E-state index is -0.943. The molecule has 2 heterocycles. The Hall–Kier alpha value is -2.17. The van der Waals surface area contributed by atoms with Crippen molar-refractivity contribution >= 4 is 5.97 Å². The summed E-state index contributed by atoms with van der Waals surface area (Å²) in [5.41, 5.74) is 1.01. The van der Waals surface area contributed by atoms with E-state index in [9.17, 15) is 4.79 Å². The van der Waals surface area contributed by atoms with Crippen molar-refractivity contribution in [1.29, 1.82) is 0 Å². The first-order valence-electron chi connectivity index (χ1n) is 5.36. The molecule has 0 aliphatic carbocycles. The third-order valence-electron chi connectivity index (χ3n) is 2.55. The third-order valence-corrected chi connectivity index (χ3v) is 2.55. The fourth-order valence-corrected chi connectivity index (χ4v) is 1.62. The minimum absolute atomic E-state index is 0.250. The Bertz CT molecular complexity index is 561. The highest BCUT2D eigenvalue weighted by Crippen LogP contribution is 2.12. The molecule has 0 atom stereocenters. The van der Waals surface area contributed by atoms with Crippen molar-refractivity contribution in [2.45, 2.75) is 20.3 Å². The Morgan fingerprint density at radius 1 is 1.47 bits per heavy atom. The lowest BCUT2D eigenvalue weighted by molar-refractivity contribution is 0.0696. The number of aryl methyl sites for hydroxylation is 2. The van der Waals surface area contributed by atoms with Gasteiger partial charge in [0.15, 0.2) is 0 Å². The van der Waals surface area contributed by atoms with E-state index in [1.165, 1.54) is 0 Å². The SMILES string of the molecule is CCc1cc(C(=O)O)cc(-n2ccnc2C)n1. The van der Waals surface area contributed by atoms with Gasteiger partial charge in [-0.25, -0.2) is 14.8 Å². The van der Waals surface area contributed by atoms with Crippen LogP contribution in [0.1, 0.15) is 28.8 Å². The van der Waals surface area contributed by atoms with E-state index in [1.807, 2.05) is 13.8 Å². The van der Waals surface area contributed by atoms with E-state index in [2.05, 4.69) is 9.97 Å². The van der Waals surface area contributed by atoms with Crippen LogP contribution in [0.3, 0.4) is 0 Å². The van der Waals surface area contributed by atoms with E-state index >= 15 is 0 Å². The zero-order chi connectivity index (χ0) is 12.4. The molecule has 0 spiro atoms. The summed E-state index contributed by atoms with van der Waals surface area (Å²) in [6, 6.07) is 3.15. The van der Waals surface area contributed by atoms with Crippen LogP contribution in [0.15, 0.2) is 24.5 Å². The molecule has 0 saturated carbocycles. The quantitative estimate of drug-likeness (QED) is 0.875. The van der Waals surface area contributed by atoms with Crippen LogP contribution in [-0.4, -0.2) is 25.6 Å². The van der Waals surface area contributed by atoms with E-state index < -0.39 is 5.97 Å². The molecule has 2 aromatic rings. The fourth-order valence-electron chi connectivity index (χ4n) is 1.62. The van der Waals surface area contributed by atoms with E-state index in [1.54, 1.807) is 29.1 Å². The van der Waals surface area contributed by atoms with E-state index in [0.29, 0.717) is 12.2 Å². The molecule has 1 N–H and O–H groups in total. The summed E-state index contributed by atoms with van der Waals surface area (Å²) in [4.78, 5) is 19.5. The average molecular weight is 231 g/mol. The Morgan fingerprint density at radius 2 is 2.24 bits per heavy atom. The van der Waals surface area contributed by atoms with Gasteiger partial charge in [-0.15, -0.1) is 0 Å². The van der Waals surface area contributed by atoms with Gasteiger partial charge in [0.2, 0.25) is 0 Å². The van der Waals surface area contributed by atoms with Crippen molar-refractivity contribution in [2.24, 2.45) is 0 Å². The van der Waals surface area contributed by atoms with Crippen LogP contribution in [0, 0.1) is 6.92 Å². The molecule has 0 amide bonds. The monoisotopic (exact) mass is 231 g/mol. The van der Waals surface area contributed by atoms with Gasteiger partial charge < -0.3 is 5.11 Å². The molecule has 0 fully saturated rings. The average Bonchev–Trinajstić information content (AvgIpc) is 2.74. The first-order chi connectivity index (χ1) is 8.11. The zero-order valence-corrected chi connectivity index (χ0v) is 9.71. The van der Waals surface area contributed by atoms with Gasteiger partial charge in [0.1, 0.15) is 11.6 Å². The number of nitrogens with zero attached hydrogens (tertiary/aromatic N) is 3. The maximum absolute atomic E-state index is 11.0. The Balaban J connectivity index is 2.58. The number of aromatic nitrogens is 3. The minimum Gasteiger partial charge on any atom is -0.478 e. The number of hydrogen-bond donors (Lipinski definition) is 1. The van der Waals surface area contributed by atoms with Crippen LogP contribution in [0.25, 0.3) is 5.82 Å². The molecule has 5 heteroatoms. The fraction of sp³-hybridized carbons (Fsp3) is 0.250. The predicted molar refractivity (Wildman–Crippen MR) is 62.4 cm³/mol. The molecule has 0 unspecified atom stereocenters. The van der Waals surface area contributed by atoms with Crippen molar-refractivity contribution in [1.82, 2.24) is 14.5 Å². The molecule has 0 aliphatic heterocycles. The number of imidazole rings is 1. The van der Waals surface area contributed by atoms with Gasteiger partial charge in [0.25, 0.3) is 0 Å². The lowest BCUT2D eigenvalue weighted by Crippen LogP contribution is -2.06. The lowest BCUT2D eigenvalue weighted by Gasteiger charge is -2.07. The van der Waals surface area contributed by atoms with Gasteiger partial charge in [-0.05, 0) is 25.5 Å². The number of carbonyl (C=O) groups is 1. The summed E-state index contributed by atoms with van der Waals surface area (Å²) in [5, 5.41) is 9.04. The normalized spacial score (nSPS) is 10.5. The summed E-state index contributed by atoms with van der Waals surface area (Å²) in [5.74, 6) is 0.431. The van der Waals surface area contributed by atoms with Crippen molar-refractivity contribution < 1.29 is 9.90 Å². The second-order valence-electron chi connectivity index (χ2n) is 3.71. The summed E-state index contributed by atoms with van der Waals surface area (Å²) in [6.45, 7) is 3.79. The van der Waals surface area contributed by atoms with Crippen LogP contribution in [0.4, 0.5) is 0 Å². The highest BCUT2D eigenvalue weighted by molar-refractivity contribution is 5.88. The summed E-state index contributed by atoms with van der Waals surface area (Å²) in [7, 11) is 0. The highest BCUT2D eigenvalue weighted by Gasteiger charge is 2.10. The van der Waals surface area contributed by atoms with Crippen LogP contribution in [0.2, 0.25) is 0 Å². The molecule has 0 aliphatic rings. The molecule has 88 valence electrons. The number of rotatable bonds is 3. The molecule has 0 radical (unpaired) electrons. The molecule has 5 nitrogen and oxygen atoms in total. The van der Waals surface area contributed by atoms with Crippen LogP contribution in [0.5, 0.6) is 0 Å². The topological polar surface area (TPSA) is 68.0 Å².